The lowest BCUT2D eigenvalue weighted by Crippen LogP contribution is -2.52. The van der Waals surface area contributed by atoms with Crippen LogP contribution in [0.1, 0.15) is 44.6 Å². The van der Waals surface area contributed by atoms with Crippen LogP contribution >= 0.6 is 0 Å². The van der Waals surface area contributed by atoms with Crippen LogP contribution in [-0.4, -0.2) is 36.6 Å². The number of hydrogen-bond acceptors (Lipinski definition) is 4. The quantitative estimate of drug-likeness (QED) is 0.784. The van der Waals surface area contributed by atoms with E-state index in [2.05, 4.69) is 17.6 Å². The third kappa shape index (κ3) is 4.38. The van der Waals surface area contributed by atoms with E-state index in [1.165, 1.54) is 24.5 Å². The van der Waals surface area contributed by atoms with Crippen molar-refractivity contribution < 1.29 is 18.0 Å². The molecule has 0 aromatic heterocycles. The first kappa shape index (κ1) is 20.4. The van der Waals surface area contributed by atoms with E-state index < -0.39 is 22.0 Å². The summed E-state index contributed by atoms with van der Waals surface area (Å²) in [6.07, 6.45) is 6.57. The third-order valence-electron chi connectivity index (χ3n) is 5.49. The Morgan fingerprint density at radius 3 is 2.57 bits per heavy atom. The lowest BCUT2D eigenvalue weighted by molar-refractivity contribution is -0.130. The summed E-state index contributed by atoms with van der Waals surface area (Å²) in [5, 5.41) is 5.50. The molecule has 3 atom stereocenters. The number of nitrogens with one attached hydrogen (secondary N) is 2. The van der Waals surface area contributed by atoms with Gasteiger partial charge in [-0.05, 0) is 37.8 Å². The Hall–Kier alpha value is -2.35. The van der Waals surface area contributed by atoms with E-state index in [-0.39, 0.29) is 23.3 Å². The molecule has 2 N–H and O–H groups in total. The van der Waals surface area contributed by atoms with Crippen LogP contribution in [0.25, 0.3) is 0 Å². The number of benzene rings is 1. The molecule has 1 aromatic carbocycles. The minimum atomic E-state index is -3.94. The van der Waals surface area contributed by atoms with Crippen molar-refractivity contribution in [2.45, 2.75) is 62.9 Å². The third-order valence-corrected chi connectivity index (χ3v) is 7.29. The second-order valence-corrected chi connectivity index (χ2v) is 9.47. The normalized spacial score (nSPS) is 25.3. The molecule has 28 heavy (non-hydrogen) atoms. The van der Waals surface area contributed by atoms with Crippen molar-refractivity contribution in [1.82, 2.24) is 14.9 Å². The Labute approximate surface area is 166 Å². The largest absolute Gasteiger partial charge is 0.353 e. The molecular weight excluding hydrogens is 378 g/mol. The number of aryl methyl sites for hydroxylation is 1. The predicted molar refractivity (Wildman–Crippen MR) is 105 cm³/mol. The SMILES string of the molecule is Cc1ccc(S(=O)(=O)N2C=CNC(=O)[C@H]2CC(=O)N[C@H]2CCCC[C@@H]2C)cc1. The van der Waals surface area contributed by atoms with E-state index in [4.69, 9.17) is 0 Å². The van der Waals surface area contributed by atoms with Crippen LogP contribution in [0.2, 0.25) is 0 Å². The number of nitrogens with zero attached hydrogens (tertiary/aromatic N) is 1. The van der Waals surface area contributed by atoms with E-state index in [1.54, 1.807) is 12.1 Å². The van der Waals surface area contributed by atoms with Gasteiger partial charge in [0, 0.05) is 18.4 Å². The van der Waals surface area contributed by atoms with Crippen LogP contribution in [0.5, 0.6) is 0 Å². The van der Waals surface area contributed by atoms with E-state index in [9.17, 15) is 18.0 Å². The molecule has 152 valence electrons. The smallest absolute Gasteiger partial charge is 0.264 e. The lowest BCUT2D eigenvalue weighted by atomic mass is 9.86. The minimum absolute atomic E-state index is 0.0746. The summed E-state index contributed by atoms with van der Waals surface area (Å²) in [7, 11) is -3.94. The summed E-state index contributed by atoms with van der Waals surface area (Å²) in [6, 6.07) is 5.37. The standard InChI is InChI=1S/C20H27N3O4S/c1-14-7-9-16(10-8-14)28(26,27)23-12-11-21-20(25)18(23)13-19(24)22-17-6-4-3-5-15(17)2/h7-12,15,17-18H,3-6,13H2,1-2H3,(H,21,25)(H,22,24)/t15-,17-,18+/m0/s1. The molecule has 0 bridgehead atoms. The summed E-state index contributed by atoms with van der Waals surface area (Å²) in [5.74, 6) is -0.437. The van der Waals surface area contributed by atoms with E-state index >= 15 is 0 Å². The summed E-state index contributed by atoms with van der Waals surface area (Å²) >= 11 is 0. The summed E-state index contributed by atoms with van der Waals surface area (Å²) < 4.78 is 27.1. The van der Waals surface area contributed by atoms with Crippen molar-refractivity contribution in [1.29, 1.82) is 0 Å². The fourth-order valence-corrected chi connectivity index (χ4v) is 5.19. The van der Waals surface area contributed by atoms with Gasteiger partial charge in [-0.15, -0.1) is 0 Å². The minimum Gasteiger partial charge on any atom is -0.353 e. The highest BCUT2D eigenvalue weighted by molar-refractivity contribution is 7.89. The molecule has 1 aliphatic heterocycles. The molecule has 1 heterocycles. The van der Waals surface area contributed by atoms with E-state index in [0.717, 1.165) is 35.6 Å². The molecule has 0 radical (unpaired) electrons. The van der Waals surface area contributed by atoms with Crippen LogP contribution in [0.4, 0.5) is 0 Å². The maximum atomic E-state index is 13.0. The van der Waals surface area contributed by atoms with Crippen molar-refractivity contribution in [2.24, 2.45) is 5.92 Å². The highest BCUT2D eigenvalue weighted by atomic mass is 32.2. The molecule has 1 saturated carbocycles. The average molecular weight is 406 g/mol. The molecule has 0 saturated heterocycles. The van der Waals surface area contributed by atoms with Crippen LogP contribution < -0.4 is 10.6 Å². The second-order valence-electron chi connectivity index (χ2n) is 7.63. The number of carbonyl (C=O) groups is 2. The average Bonchev–Trinajstić information content (AvgIpc) is 2.65. The first-order valence-electron chi connectivity index (χ1n) is 9.65. The summed E-state index contributed by atoms with van der Waals surface area (Å²) in [6.45, 7) is 3.97. The van der Waals surface area contributed by atoms with Gasteiger partial charge in [0.1, 0.15) is 6.04 Å². The Morgan fingerprint density at radius 2 is 1.89 bits per heavy atom. The van der Waals surface area contributed by atoms with Gasteiger partial charge in [0.15, 0.2) is 0 Å². The van der Waals surface area contributed by atoms with Crippen LogP contribution in [0.15, 0.2) is 41.6 Å². The zero-order valence-corrected chi connectivity index (χ0v) is 17.0. The number of hydrogen-bond donors (Lipinski definition) is 2. The van der Waals surface area contributed by atoms with Gasteiger partial charge in [0.2, 0.25) is 11.8 Å². The molecule has 1 fully saturated rings. The zero-order valence-electron chi connectivity index (χ0n) is 16.2. The van der Waals surface area contributed by atoms with Gasteiger partial charge in [-0.2, -0.15) is 0 Å². The molecule has 3 rings (SSSR count). The van der Waals surface area contributed by atoms with Gasteiger partial charge in [-0.3, -0.25) is 13.9 Å². The fraction of sp³-hybridized carbons (Fsp3) is 0.500. The van der Waals surface area contributed by atoms with Crippen molar-refractivity contribution in [3.05, 3.63) is 42.2 Å². The van der Waals surface area contributed by atoms with Crippen molar-refractivity contribution >= 4 is 21.8 Å². The first-order chi connectivity index (χ1) is 13.3. The predicted octanol–water partition coefficient (Wildman–Crippen LogP) is 2.04. The highest BCUT2D eigenvalue weighted by Crippen LogP contribution is 2.25. The Balaban J connectivity index is 1.77. The molecule has 0 spiro atoms. The maximum absolute atomic E-state index is 13.0. The number of carbonyl (C=O) groups excluding carboxylic acids is 2. The zero-order chi connectivity index (χ0) is 20.3. The van der Waals surface area contributed by atoms with E-state index in [0.29, 0.717) is 5.92 Å². The van der Waals surface area contributed by atoms with Gasteiger partial charge >= 0.3 is 0 Å². The maximum Gasteiger partial charge on any atom is 0.264 e. The summed E-state index contributed by atoms with van der Waals surface area (Å²) in [5.41, 5.74) is 0.934. The number of amides is 2. The van der Waals surface area contributed by atoms with Crippen LogP contribution in [0, 0.1) is 12.8 Å². The van der Waals surface area contributed by atoms with Gasteiger partial charge in [0.25, 0.3) is 10.0 Å². The Kier molecular flexibility index (Phi) is 6.07. The number of rotatable bonds is 5. The monoisotopic (exact) mass is 405 g/mol. The van der Waals surface area contributed by atoms with E-state index in [1.807, 2.05) is 6.92 Å². The van der Waals surface area contributed by atoms with Gasteiger partial charge < -0.3 is 10.6 Å². The summed E-state index contributed by atoms with van der Waals surface area (Å²) in [4.78, 5) is 25.1. The first-order valence-corrected chi connectivity index (χ1v) is 11.1. The molecule has 8 heteroatoms. The van der Waals surface area contributed by atoms with Crippen molar-refractivity contribution in [3.8, 4) is 0 Å². The lowest BCUT2D eigenvalue weighted by Gasteiger charge is -2.33. The van der Waals surface area contributed by atoms with Gasteiger partial charge in [-0.1, -0.05) is 37.5 Å². The Bertz CT molecular complexity index is 864. The van der Waals surface area contributed by atoms with Crippen LogP contribution in [-0.2, 0) is 19.6 Å². The van der Waals surface area contributed by atoms with Gasteiger partial charge in [0.05, 0.1) is 11.3 Å². The van der Waals surface area contributed by atoms with Crippen molar-refractivity contribution in [2.75, 3.05) is 0 Å². The highest BCUT2D eigenvalue weighted by Gasteiger charge is 2.37. The molecular formula is C20H27N3O4S. The molecule has 2 aliphatic rings. The Morgan fingerprint density at radius 1 is 1.21 bits per heavy atom. The van der Waals surface area contributed by atoms with Crippen LogP contribution in [0.3, 0.4) is 0 Å². The molecule has 7 nitrogen and oxygen atoms in total. The van der Waals surface area contributed by atoms with Crippen molar-refractivity contribution in [3.63, 3.8) is 0 Å². The van der Waals surface area contributed by atoms with Gasteiger partial charge in [-0.25, -0.2) is 8.42 Å². The topological polar surface area (TPSA) is 95.6 Å². The molecule has 2 amide bonds. The molecule has 1 aliphatic carbocycles. The molecule has 1 aromatic rings. The molecule has 0 unspecified atom stereocenters. The fourth-order valence-electron chi connectivity index (χ4n) is 3.74. The number of sulfonamides is 1. The second kappa shape index (κ2) is 8.34.